The van der Waals surface area contributed by atoms with Crippen molar-refractivity contribution in [2.45, 2.75) is 45.1 Å². The maximum atomic E-state index is 12.8. The van der Waals surface area contributed by atoms with Gasteiger partial charge in [-0.2, -0.15) is 5.26 Å². The van der Waals surface area contributed by atoms with Gasteiger partial charge >= 0.3 is 5.97 Å². The number of fused-ring (bicyclic) bond motifs is 2. The number of carbonyl (C=O) groups is 1. The zero-order chi connectivity index (χ0) is 21.6. The molecule has 1 aromatic carbocycles. The van der Waals surface area contributed by atoms with Crippen LogP contribution in [0.1, 0.15) is 44.6 Å². The van der Waals surface area contributed by atoms with Crippen LogP contribution in [-0.4, -0.2) is 49.7 Å². The van der Waals surface area contributed by atoms with Crippen LogP contribution in [0.5, 0.6) is 0 Å². The number of esters is 1. The van der Waals surface area contributed by atoms with Gasteiger partial charge in [-0.1, -0.05) is 19.1 Å². The number of allylic oxidation sites excluding steroid dienone is 1. The first-order chi connectivity index (χ1) is 15.0. The molecule has 31 heavy (non-hydrogen) atoms. The van der Waals surface area contributed by atoms with Gasteiger partial charge in [-0.15, -0.1) is 0 Å². The molecule has 0 N–H and O–H groups in total. The fraction of sp³-hybridized carbons (Fsp3) is 0.615. The van der Waals surface area contributed by atoms with Crippen molar-refractivity contribution in [2.75, 3.05) is 37.6 Å². The number of piperazine rings is 1. The number of nitrogens with zero attached hydrogens (tertiary/aromatic N) is 3. The Morgan fingerprint density at radius 3 is 2.68 bits per heavy atom. The molecular weight excluding hydrogens is 386 g/mol. The molecule has 5 heteroatoms. The Morgan fingerprint density at radius 1 is 1.23 bits per heavy atom. The summed E-state index contributed by atoms with van der Waals surface area (Å²) in [6.07, 6.45) is 5.79. The minimum atomic E-state index is 0.00531. The monoisotopic (exact) mass is 419 g/mol. The zero-order valence-corrected chi connectivity index (χ0v) is 18.6. The Bertz CT molecular complexity index is 896. The summed E-state index contributed by atoms with van der Waals surface area (Å²) in [5.74, 6) is 0.924. The molecule has 0 spiro atoms. The van der Waals surface area contributed by atoms with E-state index < -0.39 is 0 Å². The van der Waals surface area contributed by atoms with Crippen molar-refractivity contribution in [3.63, 3.8) is 0 Å². The van der Waals surface area contributed by atoms with E-state index in [0.717, 1.165) is 52.0 Å². The minimum absolute atomic E-state index is 0.00531. The van der Waals surface area contributed by atoms with Crippen molar-refractivity contribution < 1.29 is 9.53 Å². The van der Waals surface area contributed by atoms with Gasteiger partial charge in [0.15, 0.2) is 0 Å². The summed E-state index contributed by atoms with van der Waals surface area (Å²) < 4.78 is 5.95. The quantitative estimate of drug-likeness (QED) is 0.548. The Morgan fingerprint density at radius 2 is 1.97 bits per heavy atom. The van der Waals surface area contributed by atoms with Crippen molar-refractivity contribution >= 4 is 11.7 Å². The highest BCUT2D eigenvalue weighted by Gasteiger charge is 2.55. The van der Waals surface area contributed by atoms with Crippen LogP contribution < -0.4 is 4.90 Å². The molecule has 0 aromatic heterocycles. The van der Waals surface area contributed by atoms with E-state index in [4.69, 9.17) is 10.00 Å². The number of anilines is 1. The molecule has 0 unspecified atom stereocenters. The lowest BCUT2D eigenvalue weighted by Crippen LogP contribution is -2.50. The lowest BCUT2D eigenvalue weighted by atomic mass is 9.55. The fourth-order valence-electron chi connectivity index (χ4n) is 6.68. The summed E-state index contributed by atoms with van der Waals surface area (Å²) in [4.78, 5) is 17.7. The van der Waals surface area contributed by atoms with Gasteiger partial charge in [-0.3, -0.25) is 9.69 Å². The summed E-state index contributed by atoms with van der Waals surface area (Å²) in [6, 6.07) is 10.0. The predicted octanol–water partition coefficient (Wildman–Crippen LogP) is 3.99. The summed E-state index contributed by atoms with van der Waals surface area (Å²) in [7, 11) is 0. The number of rotatable bonds is 3. The third-order valence-electron chi connectivity index (χ3n) is 8.51. The summed E-state index contributed by atoms with van der Waals surface area (Å²) in [5.41, 5.74) is 3.53. The number of ether oxygens (including phenoxy) is 1. The maximum absolute atomic E-state index is 12.8. The van der Waals surface area contributed by atoms with Crippen LogP contribution in [0, 0.1) is 34.5 Å². The molecular formula is C26H33N3O2. The first kappa shape index (κ1) is 20.6. The van der Waals surface area contributed by atoms with E-state index in [-0.39, 0.29) is 23.4 Å². The second kappa shape index (κ2) is 7.98. The van der Waals surface area contributed by atoms with Crippen LogP contribution in [0.25, 0.3) is 0 Å². The van der Waals surface area contributed by atoms with Gasteiger partial charge in [0.2, 0.25) is 0 Å². The average molecular weight is 420 g/mol. The van der Waals surface area contributed by atoms with E-state index in [1.807, 2.05) is 24.3 Å². The molecule has 2 aliphatic carbocycles. The number of benzene rings is 1. The molecule has 2 saturated carbocycles. The summed E-state index contributed by atoms with van der Waals surface area (Å²) >= 11 is 0. The highest BCUT2D eigenvalue weighted by Crippen LogP contribution is 2.56. The molecule has 4 aliphatic rings. The number of carbonyl (C=O) groups excluding carboxylic acids is 1. The number of nitriles is 1. The molecule has 0 amide bonds. The molecule has 5 nitrogen and oxygen atoms in total. The largest absolute Gasteiger partial charge is 0.462 e. The molecule has 1 aromatic rings. The molecule has 5 atom stereocenters. The van der Waals surface area contributed by atoms with Gasteiger partial charge in [-0.05, 0) is 67.7 Å². The Labute approximate surface area is 185 Å². The molecule has 2 heterocycles. The SMILES string of the molecule is C=C1CCC[C@]2(C)C[C@H]3OC(=O)[C@@H](CN4CCN(c5ccc(C#N)cc5)CC4)[C@@H]3C[C@@H]12. The third kappa shape index (κ3) is 3.76. The predicted molar refractivity (Wildman–Crippen MR) is 120 cm³/mol. The summed E-state index contributed by atoms with van der Waals surface area (Å²) in [6.45, 7) is 11.4. The van der Waals surface area contributed by atoms with E-state index in [1.165, 1.54) is 24.1 Å². The minimum Gasteiger partial charge on any atom is -0.462 e. The van der Waals surface area contributed by atoms with E-state index >= 15 is 0 Å². The topological polar surface area (TPSA) is 56.6 Å². The van der Waals surface area contributed by atoms with Gasteiger partial charge in [0, 0.05) is 44.3 Å². The second-order valence-corrected chi connectivity index (χ2v) is 10.4. The molecule has 0 radical (unpaired) electrons. The molecule has 0 bridgehead atoms. The van der Waals surface area contributed by atoms with Crippen molar-refractivity contribution in [1.82, 2.24) is 4.90 Å². The average Bonchev–Trinajstić information content (AvgIpc) is 3.06. The highest BCUT2D eigenvalue weighted by molar-refractivity contribution is 5.75. The fourth-order valence-corrected chi connectivity index (χ4v) is 6.68. The molecule has 2 aliphatic heterocycles. The highest BCUT2D eigenvalue weighted by atomic mass is 16.6. The lowest BCUT2D eigenvalue weighted by molar-refractivity contribution is -0.146. The maximum Gasteiger partial charge on any atom is 0.310 e. The second-order valence-electron chi connectivity index (χ2n) is 10.4. The lowest BCUT2D eigenvalue weighted by Gasteiger charge is -2.50. The molecule has 2 saturated heterocycles. The van der Waals surface area contributed by atoms with E-state index in [9.17, 15) is 4.79 Å². The third-order valence-corrected chi connectivity index (χ3v) is 8.51. The van der Waals surface area contributed by atoms with Crippen LogP contribution >= 0.6 is 0 Å². The Hall–Kier alpha value is -2.32. The van der Waals surface area contributed by atoms with E-state index in [0.29, 0.717) is 17.4 Å². The number of hydrogen-bond donors (Lipinski definition) is 0. The molecule has 5 rings (SSSR count). The van der Waals surface area contributed by atoms with Crippen LogP contribution in [-0.2, 0) is 9.53 Å². The van der Waals surface area contributed by atoms with Crippen molar-refractivity contribution in [3.8, 4) is 6.07 Å². The van der Waals surface area contributed by atoms with Crippen LogP contribution in [0.4, 0.5) is 5.69 Å². The normalized spacial score (nSPS) is 35.8. The first-order valence-corrected chi connectivity index (χ1v) is 11.8. The van der Waals surface area contributed by atoms with Crippen LogP contribution in [0.3, 0.4) is 0 Å². The van der Waals surface area contributed by atoms with E-state index in [2.05, 4.69) is 29.4 Å². The first-order valence-electron chi connectivity index (χ1n) is 11.8. The Balaban J connectivity index is 1.21. The molecule has 4 fully saturated rings. The van der Waals surface area contributed by atoms with Gasteiger partial charge in [0.05, 0.1) is 17.6 Å². The zero-order valence-electron chi connectivity index (χ0n) is 18.6. The van der Waals surface area contributed by atoms with Crippen LogP contribution in [0.2, 0.25) is 0 Å². The van der Waals surface area contributed by atoms with Gasteiger partial charge in [-0.25, -0.2) is 0 Å². The smallest absolute Gasteiger partial charge is 0.310 e. The van der Waals surface area contributed by atoms with E-state index in [1.54, 1.807) is 0 Å². The Kier molecular flexibility index (Phi) is 5.30. The van der Waals surface area contributed by atoms with Crippen molar-refractivity contribution in [3.05, 3.63) is 42.0 Å². The van der Waals surface area contributed by atoms with Crippen LogP contribution in [0.15, 0.2) is 36.4 Å². The standard InChI is InChI=1S/C26H33N3O2/c1-18-4-3-9-26(2)15-24-21(14-23(18)26)22(25(30)31-24)17-28-10-12-29(13-11-28)20-7-5-19(16-27)6-8-20/h5-8,21-24H,1,3-4,9-15,17H2,2H3/t21-,22-,23-,24+,26+/m0/s1. The van der Waals surface area contributed by atoms with Gasteiger partial charge in [0.25, 0.3) is 0 Å². The van der Waals surface area contributed by atoms with Crippen molar-refractivity contribution in [2.24, 2.45) is 23.2 Å². The van der Waals surface area contributed by atoms with Crippen molar-refractivity contribution in [1.29, 1.82) is 5.26 Å². The summed E-state index contributed by atoms with van der Waals surface area (Å²) in [5, 5.41) is 8.99. The number of hydrogen-bond acceptors (Lipinski definition) is 5. The van der Waals surface area contributed by atoms with Gasteiger partial charge in [0.1, 0.15) is 6.10 Å². The molecule has 164 valence electrons. The van der Waals surface area contributed by atoms with Gasteiger partial charge < -0.3 is 9.64 Å².